The van der Waals surface area contributed by atoms with Gasteiger partial charge in [0.25, 0.3) is 0 Å². The number of hydrogen-bond donors (Lipinski definition) is 0. The summed E-state index contributed by atoms with van der Waals surface area (Å²) in [6, 6.07) is 3.34. The zero-order chi connectivity index (χ0) is 13.6. The average Bonchev–Trinajstić information content (AvgIpc) is 2.95. The van der Waals surface area contributed by atoms with Crippen molar-refractivity contribution in [3.8, 4) is 0 Å². The van der Waals surface area contributed by atoms with E-state index in [1.54, 1.807) is 6.92 Å². The van der Waals surface area contributed by atoms with Crippen LogP contribution in [0.3, 0.4) is 0 Å². The monoisotopic (exact) mass is 344 g/mol. The molecular formula is C16H19BrClF. The Bertz CT molecular complexity index is 488. The van der Waals surface area contributed by atoms with E-state index in [-0.39, 0.29) is 10.6 Å². The van der Waals surface area contributed by atoms with Crippen LogP contribution in [0.5, 0.6) is 0 Å². The first kappa shape index (κ1) is 13.9. The summed E-state index contributed by atoms with van der Waals surface area (Å²) in [6.07, 6.45) is 6.78. The van der Waals surface area contributed by atoms with Crippen molar-refractivity contribution in [2.24, 2.45) is 17.8 Å². The van der Waals surface area contributed by atoms with Crippen LogP contribution in [0.2, 0.25) is 5.02 Å². The normalized spacial score (nSPS) is 30.8. The Balaban J connectivity index is 1.73. The van der Waals surface area contributed by atoms with Crippen molar-refractivity contribution in [3.05, 3.63) is 34.1 Å². The molecule has 2 saturated carbocycles. The topological polar surface area (TPSA) is 0 Å². The van der Waals surface area contributed by atoms with Crippen LogP contribution in [0, 0.1) is 30.5 Å². The number of hydrogen-bond acceptors (Lipinski definition) is 0. The van der Waals surface area contributed by atoms with E-state index in [1.807, 2.05) is 6.07 Å². The lowest BCUT2D eigenvalue weighted by molar-refractivity contribution is 0.314. The highest BCUT2D eigenvalue weighted by Gasteiger charge is 2.40. The fraction of sp³-hybridized carbons (Fsp3) is 0.625. The van der Waals surface area contributed by atoms with E-state index in [0.717, 1.165) is 29.7 Å². The second-order valence-electron chi connectivity index (χ2n) is 6.26. The lowest BCUT2D eigenvalue weighted by atomic mass is 9.84. The Kier molecular flexibility index (Phi) is 3.92. The molecule has 2 fully saturated rings. The molecule has 2 bridgehead atoms. The maximum Gasteiger partial charge on any atom is 0.127 e. The number of rotatable bonds is 3. The Hall–Kier alpha value is -0.0800. The summed E-state index contributed by atoms with van der Waals surface area (Å²) in [7, 11) is 0. The molecule has 2 aliphatic carbocycles. The maximum absolute atomic E-state index is 13.5. The first-order valence-electron chi connectivity index (χ1n) is 7.14. The van der Waals surface area contributed by atoms with E-state index in [4.69, 9.17) is 11.6 Å². The van der Waals surface area contributed by atoms with Gasteiger partial charge in [0.05, 0.1) is 0 Å². The van der Waals surface area contributed by atoms with Crippen LogP contribution in [0.25, 0.3) is 0 Å². The van der Waals surface area contributed by atoms with Crippen molar-refractivity contribution in [2.75, 3.05) is 0 Å². The van der Waals surface area contributed by atoms with Crippen molar-refractivity contribution in [2.45, 2.75) is 43.9 Å². The molecular weight excluding hydrogens is 327 g/mol. The molecule has 104 valence electrons. The van der Waals surface area contributed by atoms with Gasteiger partial charge in [0.15, 0.2) is 0 Å². The zero-order valence-electron chi connectivity index (χ0n) is 11.1. The molecule has 4 atom stereocenters. The maximum atomic E-state index is 13.5. The number of aryl methyl sites for hydroxylation is 1. The van der Waals surface area contributed by atoms with Crippen molar-refractivity contribution in [3.63, 3.8) is 0 Å². The zero-order valence-corrected chi connectivity index (χ0v) is 13.5. The highest BCUT2D eigenvalue weighted by atomic mass is 79.9. The van der Waals surface area contributed by atoms with Crippen LogP contribution in [-0.2, 0) is 0 Å². The summed E-state index contributed by atoms with van der Waals surface area (Å²) in [5, 5.41) is 0.549. The summed E-state index contributed by atoms with van der Waals surface area (Å²) in [6.45, 7) is 1.80. The van der Waals surface area contributed by atoms with Gasteiger partial charge in [0.2, 0.25) is 0 Å². The molecule has 0 nitrogen and oxygen atoms in total. The third kappa shape index (κ3) is 2.71. The first-order chi connectivity index (χ1) is 9.04. The molecule has 0 aliphatic heterocycles. The van der Waals surface area contributed by atoms with Crippen molar-refractivity contribution < 1.29 is 4.39 Å². The summed E-state index contributed by atoms with van der Waals surface area (Å²) >= 11 is 9.96. The number of alkyl halides is 1. The Morgan fingerprint density at radius 1 is 1.37 bits per heavy atom. The van der Waals surface area contributed by atoms with Gasteiger partial charge in [0.1, 0.15) is 5.82 Å². The van der Waals surface area contributed by atoms with E-state index in [9.17, 15) is 4.39 Å². The molecule has 0 heterocycles. The van der Waals surface area contributed by atoms with Crippen molar-refractivity contribution in [1.29, 1.82) is 0 Å². The molecule has 0 amide bonds. The quantitative estimate of drug-likeness (QED) is 0.585. The minimum atomic E-state index is -0.214. The molecule has 0 radical (unpaired) electrons. The van der Waals surface area contributed by atoms with Gasteiger partial charge in [-0.25, -0.2) is 4.39 Å². The Labute approximate surface area is 127 Å². The van der Waals surface area contributed by atoms with Crippen molar-refractivity contribution >= 4 is 27.5 Å². The lowest BCUT2D eigenvalue weighted by Gasteiger charge is -2.24. The van der Waals surface area contributed by atoms with E-state index < -0.39 is 0 Å². The van der Waals surface area contributed by atoms with E-state index >= 15 is 0 Å². The molecule has 1 aromatic carbocycles. The number of halogens is 3. The van der Waals surface area contributed by atoms with Crippen LogP contribution in [0.15, 0.2) is 12.1 Å². The fourth-order valence-corrected chi connectivity index (χ4v) is 5.25. The summed E-state index contributed by atoms with van der Waals surface area (Å²) < 4.78 is 13.5. The van der Waals surface area contributed by atoms with Crippen LogP contribution in [0.1, 0.15) is 48.1 Å². The van der Waals surface area contributed by atoms with Gasteiger partial charge in [0, 0.05) is 9.85 Å². The second-order valence-corrected chi connectivity index (χ2v) is 7.77. The predicted molar refractivity (Wildman–Crippen MR) is 81.4 cm³/mol. The van der Waals surface area contributed by atoms with Crippen LogP contribution in [0.4, 0.5) is 4.39 Å². The standard InChI is InChI=1S/C16H19BrClF/c1-9-4-13(15(18)8-16(9)19)14(17)7-12-6-10-2-3-11(12)5-10/h4,8,10-12,14H,2-3,5-7H2,1H3. The van der Waals surface area contributed by atoms with E-state index in [0.29, 0.717) is 10.6 Å². The highest BCUT2D eigenvalue weighted by molar-refractivity contribution is 9.09. The second kappa shape index (κ2) is 5.37. The number of benzene rings is 1. The van der Waals surface area contributed by atoms with Gasteiger partial charge in [-0.3, -0.25) is 0 Å². The lowest BCUT2D eigenvalue weighted by Crippen LogP contribution is -2.12. The number of fused-ring (bicyclic) bond motifs is 2. The highest BCUT2D eigenvalue weighted by Crippen LogP contribution is 2.52. The SMILES string of the molecule is Cc1cc(C(Br)CC2CC3CCC2C3)c(Cl)cc1F. The first-order valence-corrected chi connectivity index (χ1v) is 8.43. The molecule has 0 aromatic heterocycles. The molecule has 0 N–H and O–H groups in total. The van der Waals surface area contributed by atoms with E-state index in [1.165, 1.54) is 31.7 Å². The molecule has 3 heteroatoms. The Morgan fingerprint density at radius 2 is 2.16 bits per heavy atom. The minimum Gasteiger partial charge on any atom is -0.207 e. The molecule has 2 aliphatic rings. The average molecular weight is 346 g/mol. The van der Waals surface area contributed by atoms with Crippen LogP contribution < -0.4 is 0 Å². The van der Waals surface area contributed by atoms with Crippen LogP contribution >= 0.6 is 27.5 Å². The van der Waals surface area contributed by atoms with Gasteiger partial charge in [-0.2, -0.15) is 0 Å². The predicted octanol–water partition coefficient (Wildman–Crippen LogP) is 6.05. The molecule has 0 saturated heterocycles. The minimum absolute atomic E-state index is 0.214. The Morgan fingerprint density at radius 3 is 2.79 bits per heavy atom. The summed E-state index contributed by atoms with van der Waals surface area (Å²) in [4.78, 5) is 0.253. The molecule has 0 spiro atoms. The van der Waals surface area contributed by atoms with Gasteiger partial charge in [-0.15, -0.1) is 0 Å². The van der Waals surface area contributed by atoms with E-state index in [2.05, 4.69) is 15.9 Å². The molecule has 3 rings (SSSR count). The third-order valence-electron chi connectivity index (χ3n) is 5.01. The molecule has 19 heavy (non-hydrogen) atoms. The van der Waals surface area contributed by atoms with Crippen LogP contribution in [-0.4, -0.2) is 0 Å². The largest absolute Gasteiger partial charge is 0.207 e. The third-order valence-corrected chi connectivity index (χ3v) is 6.20. The molecule has 4 unspecified atom stereocenters. The van der Waals surface area contributed by atoms with Gasteiger partial charge < -0.3 is 0 Å². The van der Waals surface area contributed by atoms with Gasteiger partial charge >= 0.3 is 0 Å². The summed E-state index contributed by atoms with van der Waals surface area (Å²) in [5.41, 5.74) is 1.72. The van der Waals surface area contributed by atoms with Gasteiger partial charge in [-0.05, 0) is 67.6 Å². The summed E-state index contributed by atoms with van der Waals surface area (Å²) in [5.74, 6) is 2.50. The molecule has 1 aromatic rings. The van der Waals surface area contributed by atoms with Crippen molar-refractivity contribution in [1.82, 2.24) is 0 Å². The fourth-order valence-electron chi connectivity index (χ4n) is 3.98. The smallest absolute Gasteiger partial charge is 0.127 e. The van der Waals surface area contributed by atoms with Gasteiger partial charge in [-0.1, -0.05) is 40.0 Å².